The molecule has 0 saturated carbocycles. The molecule has 0 radical (unpaired) electrons. The molecule has 0 atom stereocenters. The number of hydrogen-bond acceptors (Lipinski definition) is 4. The zero-order valence-corrected chi connectivity index (χ0v) is 13.3. The maximum absolute atomic E-state index is 12.0. The van der Waals surface area contributed by atoms with E-state index in [0.717, 1.165) is 10.0 Å². The molecule has 0 bridgehead atoms. The zero-order chi connectivity index (χ0) is 15.7. The fourth-order valence-corrected chi connectivity index (χ4v) is 2.33. The Kier molecular flexibility index (Phi) is 3.77. The SMILES string of the molecule is Cc1ccc(/C(O)=C/c2nc3ncc(Br)cc3[nH]c2=O)cc1. The van der Waals surface area contributed by atoms with Gasteiger partial charge >= 0.3 is 0 Å². The summed E-state index contributed by atoms with van der Waals surface area (Å²) in [7, 11) is 0. The van der Waals surface area contributed by atoms with Gasteiger partial charge in [0.05, 0.1) is 5.52 Å². The molecule has 2 heterocycles. The molecule has 0 amide bonds. The molecule has 0 saturated heterocycles. The van der Waals surface area contributed by atoms with E-state index in [1.165, 1.54) is 6.08 Å². The number of aliphatic hydroxyl groups excluding tert-OH is 1. The molecule has 2 N–H and O–H groups in total. The maximum Gasteiger partial charge on any atom is 0.274 e. The van der Waals surface area contributed by atoms with Crippen LogP contribution in [0.15, 0.2) is 45.8 Å². The Morgan fingerprint density at radius 2 is 2.05 bits per heavy atom. The molecule has 110 valence electrons. The highest BCUT2D eigenvalue weighted by Crippen LogP contribution is 2.16. The molecule has 1 aromatic carbocycles. The summed E-state index contributed by atoms with van der Waals surface area (Å²) in [4.78, 5) is 23.1. The Hall–Kier alpha value is -2.47. The van der Waals surface area contributed by atoms with Crippen molar-refractivity contribution in [3.05, 3.63) is 68.2 Å². The first-order valence-electron chi connectivity index (χ1n) is 6.56. The number of hydrogen-bond donors (Lipinski definition) is 2. The quantitative estimate of drug-likeness (QED) is 0.688. The number of benzene rings is 1. The van der Waals surface area contributed by atoms with Crippen LogP contribution in [-0.2, 0) is 0 Å². The number of aromatic nitrogens is 3. The molecule has 3 aromatic rings. The van der Waals surface area contributed by atoms with Crippen molar-refractivity contribution in [3.63, 3.8) is 0 Å². The first kappa shape index (κ1) is 14.5. The molecule has 0 unspecified atom stereocenters. The monoisotopic (exact) mass is 357 g/mol. The van der Waals surface area contributed by atoms with Crippen molar-refractivity contribution in [1.82, 2.24) is 15.0 Å². The lowest BCUT2D eigenvalue weighted by Crippen LogP contribution is -2.12. The third-order valence-corrected chi connectivity index (χ3v) is 3.59. The highest BCUT2D eigenvalue weighted by Gasteiger charge is 2.07. The van der Waals surface area contributed by atoms with Crippen molar-refractivity contribution in [3.8, 4) is 0 Å². The van der Waals surface area contributed by atoms with Crippen LogP contribution in [0, 0.1) is 6.92 Å². The summed E-state index contributed by atoms with van der Waals surface area (Å²) in [5.74, 6) is -0.0190. The van der Waals surface area contributed by atoms with Crippen LogP contribution in [0.2, 0.25) is 0 Å². The van der Waals surface area contributed by atoms with Crippen LogP contribution in [0.4, 0.5) is 0 Å². The smallest absolute Gasteiger partial charge is 0.274 e. The molecule has 0 aliphatic rings. The number of H-pyrrole nitrogens is 1. The van der Waals surface area contributed by atoms with E-state index in [2.05, 4.69) is 30.9 Å². The highest BCUT2D eigenvalue weighted by molar-refractivity contribution is 9.10. The molecular weight excluding hydrogens is 346 g/mol. The molecule has 2 aromatic heterocycles. The number of aliphatic hydroxyl groups is 1. The Morgan fingerprint density at radius 1 is 1.32 bits per heavy atom. The Morgan fingerprint density at radius 3 is 2.77 bits per heavy atom. The van der Waals surface area contributed by atoms with Crippen LogP contribution in [0.5, 0.6) is 0 Å². The fourth-order valence-electron chi connectivity index (χ4n) is 2.00. The van der Waals surface area contributed by atoms with Crippen molar-refractivity contribution in [2.45, 2.75) is 6.92 Å². The van der Waals surface area contributed by atoms with Gasteiger partial charge in [0.2, 0.25) is 0 Å². The molecule has 0 aliphatic carbocycles. The standard InChI is InChI=1S/C16H12BrN3O2/c1-9-2-4-10(5-3-9)14(21)7-13-16(22)20-12-6-11(17)8-18-15(12)19-13/h2-8,21H,1H3,(H,20,22)/b14-7-. The zero-order valence-electron chi connectivity index (χ0n) is 11.7. The molecule has 0 aliphatic heterocycles. The summed E-state index contributed by atoms with van der Waals surface area (Å²) in [6.45, 7) is 1.96. The average molecular weight is 358 g/mol. The second-order valence-electron chi connectivity index (χ2n) is 4.87. The van der Waals surface area contributed by atoms with Crippen LogP contribution in [0.25, 0.3) is 23.0 Å². The third-order valence-electron chi connectivity index (χ3n) is 3.16. The van der Waals surface area contributed by atoms with E-state index >= 15 is 0 Å². The number of halogens is 1. The summed E-state index contributed by atoms with van der Waals surface area (Å²) >= 11 is 3.29. The predicted octanol–water partition coefficient (Wildman–Crippen LogP) is 3.45. The van der Waals surface area contributed by atoms with E-state index < -0.39 is 0 Å². The minimum absolute atomic E-state index is 0.0190. The van der Waals surface area contributed by atoms with Gasteiger partial charge in [-0.3, -0.25) is 4.79 Å². The Bertz CT molecular complexity index is 930. The van der Waals surface area contributed by atoms with Crippen LogP contribution >= 0.6 is 15.9 Å². The molecule has 5 nitrogen and oxygen atoms in total. The minimum atomic E-state index is -0.383. The van der Waals surface area contributed by atoms with Crippen molar-refractivity contribution in [2.24, 2.45) is 0 Å². The first-order chi connectivity index (χ1) is 10.5. The van der Waals surface area contributed by atoms with Gasteiger partial charge in [-0.25, -0.2) is 9.97 Å². The normalized spacial score (nSPS) is 11.8. The second-order valence-corrected chi connectivity index (χ2v) is 5.79. The van der Waals surface area contributed by atoms with Gasteiger partial charge in [-0.2, -0.15) is 0 Å². The third kappa shape index (κ3) is 2.92. The summed E-state index contributed by atoms with van der Waals surface area (Å²) in [5.41, 5.74) is 2.38. The number of pyridine rings is 1. The van der Waals surface area contributed by atoms with Gasteiger partial charge in [0.25, 0.3) is 5.56 Å². The topological polar surface area (TPSA) is 78.9 Å². The molecule has 6 heteroatoms. The highest BCUT2D eigenvalue weighted by atomic mass is 79.9. The summed E-state index contributed by atoms with van der Waals surface area (Å²) in [6, 6.07) is 9.06. The Balaban J connectivity index is 2.07. The van der Waals surface area contributed by atoms with Crippen LogP contribution in [0.1, 0.15) is 16.8 Å². The molecule has 22 heavy (non-hydrogen) atoms. The lowest BCUT2D eigenvalue weighted by Gasteiger charge is -2.02. The van der Waals surface area contributed by atoms with Gasteiger partial charge < -0.3 is 10.1 Å². The number of aryl methyl sites for hydroxylation is 1. The number of nitrogens with one attached hydrogen (secondary N) is 1. The number of aromatic amines is 1. The fraction of sp³-hybridized carbons (Fsp3) is 0.0625. The van der Waals surface area contributed by atoms with E-state index in [-0.39, 0.29) is 17.0 Å². The number of rotatable bonds is 2. The van der Waals surface area contributed by atoms with Crippen LogP contribution in [-0.4, -0.2) is 20.1 Å². The number of fused-ring (bicyclic) bond motifs is 1. The number of nitrogens with zero attached hydrogens (tertiary/aromatic N) is 2. The lowest BCUT2D eigenvalue weighted by molar-refractivity contribution is 0.515. The van der Waals surface area contributed by atoms with Gasteiger partial charge in [0.1, 0.15) is 11.5 Å². The molecular formula is C16H12BrN3O2. The second kappa shape index (κ2) is 5.73. The van der Waals surface area contributed by atoms with Crippen molar-refractivity contribution < 1.29 is 5.11 Å². The maximum atomic E-state index is 12.0. The van der Waals surface area contributed by atoms with Gasteiger partial charge in [-0.1, -0.05) is 29.8 Å². The molecule has 0 spiro atoms. The summed E-state index contributed by atoms with van der Waals surface area (Å²) < 4.78 is 0.753. The van der Waals surface area contributed by atoms with E-state index in [0.29, 0.717) is 16.7 Å². The van der Waals surface area contributed by atoms with Crippen LogP contribution < -0.4 is 5.56 Å². The first-order valence-corrected chi connectivity index (χ1v) is 7.35. The summed E-state index contributed by atoms with van der Waals surface area (Å²) in [6.07, 6.45) is 2.94. The predicted molar refractivity (Wildman–Crippen MR) is 89.5 cm³/mol. The largest absolute Gasteiger partial charge is 0.507 e. The Labute approximate surface area is 134 Å². The van der Waals surface area contributed by atoms with Gasteiger partial charge in [0, 0.05) is 22.3 Å². The molecule has 0 fully saturated rings. The van der Waals surface area contributed by atoms with E-state index in [9.17, 15) is 9.90 Å². The van der Waals surface area contributed by atoms with Gasteiger partial charge in [0.15, 0.2) is 5.65 Å². The van der Waals surface area contributed by atoms with Crippen molar-refractivity contribution in [1.29, 1.82) is 0 Å². The van der Waals surface area contributed by atoms with Crippen molar-refractivity contribution in [2.75, 3.05) is 0 Å². The van der Waals surface area contributed by atoms with E-state index in [1.54, 1.807) is 24.4 Å². The lowest BCUT2D eigenvalue weighted by atomic mass is 10.1. The molecule has 3 rings (SSSR count). The van der Waals surface area contributed by atoms with E-state index in [1.807, 2.05) is 19.1 Å². The summed E-state index contributed by atoms with van der Waals surface area (Å²) in [5, 5.41) is 10.1. The van der Waals surface area contributed by atoms with Gasteiger partial charge in [-0.15, -0.1) is 0 Å². The van der Waals surface area contributed by atoms with E-state index in [4.69, 9.17) is 0 Å². The van der Waals surface area contributed by atoms with Gasteiger partial charge in [-0.05, 0) is 28.9 Å². The minimum Gasteiger partial charge on any atom is -0.507 e. The van der Waals surface area contributed by atoms with Crippen LogP contribution in [0.3, 0.4) is 0 Å². The van der Waals surface area contributed by atoms with Crippen molar-refractivity contribution >= 4 is 38.9 Å². The average Bonchev–Trinajstić information content (AvgIpc) is 2.49.